The minimum Gasteiger partial charge on any atom is -0.333 e. The Morgan fingerprint density at radius 1 is 1.56 bits per heavy atom. The molecule has 0 saturated heterocycles. The van der Waals surface area contributed by atoms with E-state index in [0.717, 1.165) is 18.5 Å². The zero-order valence-electron chi connectivity index (χ0n) is 9.08. The van der Waals surface area contributed by atoms with Crippen molar-refractivity contribution >= 4 is 5.91 Å². The number of carbonyl (C=O) groups is 1. The number of amides is 1. The molecule has 4 nitrogen and oxygen atoms in total. The minimum absolute atomic E-state index is 0.157. The highest BCUT2D eigenvalue weighted by molar-refractivity contribution is 6.01. The van der Waals surface area contributed by atoms with Crippen LogP contribution >= 0.6 is 0 Å². The molecule has 1 atom stereocenters. The second-order valence-electron chi connectivity index (χ2n) is 3.74. The highest BCUT2D eigenvalue weighted by Crippen LogP contribution is 2.25. The Hall–Kier alpha value is -1.86. The van der Waals surface area contributed by atoms with Gasteiger partial charge in [0.1, 0.15) is 6.17 Å². The van der Waals surface area contributed by atoms with E-state index in [1.54, 1.807) is 12.1 Å². The molecule has 0 aliphatic carbocycles. The molecule has 0 spiro atoms. The van der Waals surface area contributed by atoms with Gasteiger partial charge in [0.25, 0.3) is 5.91 Å². The van der Waals surface area contributed by atoms with Crippen molar-refractivity contribution in [1.29, 1.82) is 5.26 Å². The molecule has 2 rings (SSSR count). The molecule has 1 aliphatic heterocycles. The van der Waals surface area contributed by atoms with Crippen molar-refractivity contribution in [3.63, 3.8) is 0 Å². The largest absolute Gasteiger partial charge is 0.333 e. The third kappa shape index (κ3) is 1.66. The van der Waals surface area contributed by atoms with Gasteiger partial charge in [-0.2, -0.15) is 5.26 Å². The summed E-state index contributed by atoms with van der Waals surface area (Å²) >= 11 is 0. The molecular weight excluding hydrogens is 202 g/mol. The molecular formula is C12H13N3O. The van der Waals surface area contributed by atoms with Gasteiger partial charge in [0.05, 0.1) is 17.2 Å². The van der Waals surface area contributed by atoms with Crippen LogP contribution in [0.4, 0.5) is 0 Å². The van der Waals surface area contributed by atoms with Crippen LogP contribution in [0.3, 0.4) is 0 Å². The summed E-state index contributed by atoms with van der Waals surface area (Å²) in [5.41, 5.74) is 1.83. The third-order valence-electron chi connectivity index (χ3n) is 2.63. The van der Waals surface area contributed by atoms with Gasteiger partial charge in [-0.15, -0.1) is 0 Å². The zero-order chi connectivity index (χ0) is 11.5. The third-order valence-corrected chi connectivity index (χ3v) is 2.63. The van der Waals surface area contributed by atoms with Crippen molar-refractivity contribution in [2.45, 2.75) is 19.5 Å². The Balaban J connectivity index is 2.36. The van der Waals surface area contributed by atoms with E-state index < -0.39 is 0 Å². The van der Waals surface area contributed by atoms with Crippen LogP contribution in [0.1, 0.15) is 41.0 Å². The molecule has 1 amide bonds. The molecule has 0 aromatic heterocycles. The van der Waals surface area contributed by atoms with Crippen LogP contribution in [0.15, 0.2) is 18.2 Å². The maximum atomic E-state index is 11.7. The molecule has 82 valence electrons. The number of nitrogens with zero attached hydrogens (tertiary/aromatic N) is 1. The lowest BCUT2D eigenvalue weighted by molar-refractivity contribution is 0.0951. The van der Waals surface area contributed by atoms with Crippen LogP contribution in [-0.4, -0.2) is 12.5 Å². The summed E-state index contributed by atoms with van der Waals surface area (Å²) in [6.07, 6.45) is 0.843. The van der Waals surface area contributed by atoms with Crippen LogP contribution in [0.5, 0.6) is 0 Å². The summed E-state index contributed by atoms with van der Waals surface area (Å²) in [5, 5.41) is 15.0. The molecule has 0 bridgehead atoms. The number of fused-ring (bicyclic) bond motifs is 1. The second kappa shape index (κ2) is 4.33. The summed E-state index contributed by atoms with van der Waals surface area (Å²) < 4.78 is 0. The highest BCUT2D eigenvalue weighted by Gasteiger charge is 2.29. The second-order valence-corrected chi connectivity index (χ2v) is 3.74. The summed E-state index contributed by atoms with van der Waals surface area (Å²) in [5.74, 6) is -0.166. The Labute approximate surface area is 94.3 Å². The predicted octanol–water partition coefficient (Wildman–Crippen LogP) is 1.30. The number of hydrogen-bond donors (Lipinski definition) is 2. The lowest BCUT2D eigenvalue weighted by Gasteiger charge is -2.12. The number of carbonyl (C=O) groups excluding carboxylic acids is 1. The Bertz CT molecular complexity index is 462. The monoisotopic (exact) mass is 215 g/mol. The summed E-state index contributed by atoms with van der Waals surface area (Å²) in [4.78, 5) is 11.7. The number of hydrogen-bond acceptors (Lipinski definition) is 3. The lowest BCUT2D eigenvalue weighted by Crippen LogP contribution is -2.32. The van der Waals surface area contributed by atoms with Gasteiger partial charge in [0.15, 0.2) is 0 Å². The van der Waals surface area contributed by atoms with Crippen molar-refractivity contribution in [3.05, 3.63) is 34.9 Å². The van der Waals surface area contributed by atoms with Gasteiger partial charge in [-0.1, -0.05) is 19.1 Å². The first-order chi connectivity index (χ1) is 7.77. The topological polar surface area (TPSA) is 64.9 Å². The number of benzene rings is 1. The van der Waals surface area contributed by atoms with Crippen LogP contribution in [0.25, 0.3) is 0 Å². The number of rotatable bonds is 3. The van der Waals surface area contributed by atoms with Crippen molar-refractivity contribution in [3.8, 4) is 6.07 Å². The van der Waals surface area contributed by atoms with Crippen LogP contribution in [-0.2, 0) is 0 Å². The van der Waals surface area contributed by atoms with Crippen molar-refractivity contribution in [2.75, 3.05) is 6.54 Å². The van der Waals surface area contributed by atoms with E-state index in [0.29, 0.717) is 11.1 Å². The standard InChI is InChI=1S/C12H13N3O/c1-2-6-14-11-9-5-3-4-8(7-13)10(9)12(16)15-11/h3-5,11,14H,2,6H2,1H3,(H,15,16). The zero-order valence-corrected chi connectivity index (χ0v) is 9.08. The van der Waals surface area contributed by atoms with E-state index in [4.69, 9.17) is 5.26 Å². The first-order valence-electron chi connectivity index (χ1n) is 5.35. The van der Waals surface area contributed by atoms with Crippen molar-refractivity contribution < 1.29 is 4.79 Å². The van der Waals surface area contributed by atoms with Gasteiger partial charge in [0.2, 0.25) is 0 Å². The predicted molar refractivity (Wildman–Crippen MR) is 59.7 cm³/mol. The van der Waals surface area contributed by atoms with Crippen molar-refractivity contribution in [2.24, 2.45) is 0 Å². The van der Waals surface area contributed by atoms with E-state index in [1.165, 1.54) is 0 Å². The fraction of sp³-hybridized carbons (Fsp3) is 0.333. The van der Waals surface area contributed by atoms with Crippen molar-refractivity contribution in [1.82, 2.24) is 10.6 Å². The van der Waals surface area contributed by atoms with E-state index in [-0.39, 0.29) is 12.1 Å². The van der Waals surface area contributed by atoms with Gasteiger partial charge in [-0.3, -0.25) is 10.1 Å². The molecule has 4 heteroatoms. The molecule has 1 heterocycles. The van der Waals surface area contributed by atoms with E-state index >= 15 is 0 Å². The maximum absolute atomic E-state index is 11.7. The smallest absolute Gasteiger partial charge is 0.254 e. The van der Waals surface area contributed by atoms with Gasteiger partial charge < -0.3 is 5.32 Å². The molecule has 0 saturated carbocycles. The molecule has 1 aromatic carbocycles. The van der Waals surface area contributed by atoms with E-state index in [9.17, 15) is 4.79 Å². The number of nitrogens with one attached hydrogen (secondary N) is 2. The summed E-state index contributed by atoms with van der Waals surface area (Å²) in [6.45, 7) is 2.90. The fourth-order valence-electron chi connectivity index (χ4n) is 1.89. The number of nitriles is 1. The van der Waals surface area contributed by atoms with Crippen LogP contribution in [0, 0.1) is 11.3 Å². The summed E-state index contributed by atoms with van der Waals surface area (Å²) in [7, 11) is 0. The maximum Gasteiger partial charge on any atom is 0.254 e. The van der Waals surface area contributed by atoms with E-state index in [2.05, 4.69) is 17.6 Å². The lowest BCUT2D eigenvalue weighted by atomic mass is 10.0. The Kier molecular flexibility index (Phi) is 2.88. The summed E-state index contributed by atoms with van der Waals surface area (Å²) in [6, 6.07) is 7.39. The van der Waals surface area contributed by atoms with Gasteiger partial charge >= 0.3 is 0 Å². The first-order valence-corrected chi connectivity index (χ1v) is 5.35. The quantitative estimate of drug-likeness (QED) is 0.798. The minimum atomic E-state index is -0.166. The van der Waals surface area contributed by atoms with Gasteiger partial charge in [0, 0.05) is 5.56 Å². The molecule has 1 aliphatic rings. The highest BCUT2D eigenvalue weighted by atomic mass is 16.2. The average Bonchev–Trinajstić information content (AvgIpc) is 2.64. The van der Waals surface area contributed by atoms with Crippen LogP contribution < -0.4 is 10.6 Å². The molecule has 0 radical (unpaired) electrons. The molecule has 0 fully saturated rings. The van der Waals surface area contributed by atoms with Crippen LogP contribution in [0.2, 0.25) is 0 Å². The average molecular weight is 215 g/mol. The Morgan fingerprint density at radius 3 is 3.06 bits per heavy atom. The first kappa shape index (κ1) is 10.7. The SMILES string of the molecule is CCCNC1NC(=O)c2c(C#N)cccc21. The van der Waals surface area contributed by atoms with Gasteiger partial charge in [-0.25, -0.2) is 0 Å². The van der Waals surface area contributed by atoms with Gasteiger partial charge in [-0.05, 0) is 19.0 Å². The molecule has 1 aromatic rings. The fourth-order valence-corrected chi connectivity index (χ4v) is 1.89. The molecule has 16 heavy (non-hydrogen) atoms. The molecule has 1 unspecified atom stereocenters. The normalized spacial score (nSPS) is 17.8. The molecule has 2 N–H and O–H groups in total. The Morgan fingerprint density at radius 2 is 2.38 bits per heavy atom. The van der Waals surface area contributed by atoms with E-state index in [1.807, 2.05) is 12.1 Å².